The summed E-state index contributed by atoms with van der Waals surface area (Å²) in [7, 11) is 1.29. The molecular weight excluding hydrogens is 538 g/mol. The molecule has 0 aromatic heterocycles. The number of rotatable bonds is 7. The molecule has 4 rings (SSSR count). The third-order valence-electron chi connectivity index (χ3n) is 8.34. The summed E-state index contributed by atoms with van der Waals surface area (Å²) >= 11 is 0. The Morgan fingerprint density at radius 2 is 1.50 bits per heavy atom. The van der Waals surface area contributed by atoms with Crippen LogP contribution in [0.25, 0.3) is 0 Å². The molecule has 0 heterocycles. The van der Waals surface area contributed by atoms with E-state index in [9.17, 15) is 29.6 Å². The lowest BCUT2D eigenvalue weighted by Gasteiger charge is -2.44. The summed E-state index contributed by atoms with van der Waals surface area (Å²) in [5, 5.41) is 29.2. The molecule has 4 unspecified atom stereocenters. The SMILES string of the molecule is COc1ccc(C2C(C(=O)Nc3cccc(C)c3C)C(=O)CC(C)(O)C2C(=O)Nc2cccc(C)c2C)cc1[N+](=O)[O-]. The van der Waals surface area contributed by atoms with Gasteiger partial charge in [-0.15, -0.1) is 0 Å². The molecule has 0 aliphatic heterocycles. The first-order valence-corrected chi connectivity index (χ1v) is 13.6. The third kappa shape index (κ3) is 5.75. The van der Waals surface area contributed by atoms with Crippen LogP contribution in [0, 0.1) is 49.6 Å². The summed E-state index contributed by atoms with van der Waals surface area (Å²) in [5.41, 5.74) is 2.43. The molecule has 1 aliphatic rings. The number of ether oxygens (including phenoxy) is 1. The number of aliphatic hydroxyl groups is 1. The molecule has 42 heavy (non-hydrogen) atoms. The predicted octanol–water partition coefficient (Wildman–Crippen LogP) is 5.15. The van der Waals surface area contributed by atoms with Gasteiger partial charge in [0.15, 0.2) is 5.75 Å². The van der Waals surface area contributed by atoms with Crippen LogP contribution in [-0.2, 0) is 14.4 Å². The molecule has 1 aliphatic carbocycles. The Morgan fingerprint density at radius 3 is 2.02 bits per heavy atom. The Bertz CT molecular complexity index is 1580. The summed E-state index contributed by atoms with van der Waals surface area (Å²) < 4.78 is 5.15. The number of methoxy groups -OCH3 is 1. The maximum Gasteiger partial charge on any atom is 0.311 e. The number of anilines is 2. The number of hydrogen-bond donors (Lipinski definition) is 3. The second-order valence-corrected chi connectivity index (χ2v) is 11.1. The summed E-state index contributed by atoms with van der Waals surface area (Å²) in [4.78, 5) is 52.8. The maximum absolute atomic E-state index is 14.0. The smallest absolute Gasteiger partial charge is 0.311 e. The van der Waals surface area contributed by atoms with Crippen molar-refractivity contribution in [3.05, 3.63) is 92.5 Å². The maximum atomic E-state index is 14.0. The second kappa shape index (κ2) is 11.7. The van der Waals surface area contributed by atoms with Gasteiger partial charge in [-0.2, -0.15) is 0 Å². The van der Waals surface area contributed by atoms with Crippen molar-refractivity contribution < 1.29 is 29.2 Å². The number of hydrogen-bond acceptors (Lipinski definition) is 7. The summed E-state index contributed by atoms with van der Waals surface area (Å²) in [6.07, 6.45) is -0.461. The van der Waals surface area contributed by atoms with Crippen LogP contribution in [0.4, 0.5) is 17.1 Å². The van der Waals surface area contributed by atoms with E-state index in [0.717, 1.165) is 22.3 Å². The average molecular weight is 574 g/mol. The Labute approximate surface area is 244 Å². The minimum atomic E-state index is -1.87. The summed E-state index contributed by atoms with van der Waals surface area (Å²) in [6.45, 7) is 8.84. The molecule has 0 bridgehead atoms. The molecular formula is C32H35N3O7. The van der Waals surface area contributed by atoms with Crippen LogP contribution in [-0.4, -0.2) is 40.3 Å². The lowest BCUT2D eigenvalue weighted by atomic mass is 9.61. The van der Waals surface area contributed by atoms with Crippen molar-refractivity contribution in [3.8, 4) is 5.75 Å². The number of nitro groups is 1. The van der Waals surface area contributed by atoms with E-state index in [2.05, 4.69) is 10.6 Å². The normalized spacial score (nSPS) is 21.9. The quantitative estimate of drug-likeness (QED) is 0.201. The topological polar surface area (TPSA) is 148 Å². The van der Waals surface area contributed by atoms with E-state index in [1.54, 1.807) is 24.3 Å². The molecule has 1 saturated carbocycles. The van der Waals surface area contributed by atoms with Crippen molar-refractivity contribution in [2.45, 2.75) is 52.6 Å². The molecule has 0 saturated heterocycles. The number of Topliss-reactive ketones (excluding diaryl/α,β-unsaturated/α-hetero) is 1. The lowest BCUT2D eigenvalue weighted by Crippen LogP contribution is -2.56. The number of nitrogens with zero attached hydrogens (tertiary/aromatic N) is 1. The first-order valence-electron chi connectivity index (χ1n) is 13.6. The standard InChI is InChI=1S/C32H35N3O7/c1-17-9-7-11-22(19(17)3)33-30(37)28-25(36)16-32(5,39)29(31(38)34-23-12-8-10-18(2)20(23)4)27(28)21-13-14-26(42-6)24(15-21)35(40)41/h7-15,27-29,39H,16H2,1-6H3,(H,33,37)(H,34,38). The largest absolute Gasteiger partial charge is 0.490 e. The van der Waals surface area contributed by atoms with Crippen LogP contribution < -0.4 is 15.4 Å². The van der Waals surface area contributed by atoms with Crippen molar-refractivity contribution in [1.82, 2.24) is 0 Å². The first kappa shape index (κ1) is 30.4. The van der Waals surface area contributed by atoms with Crippen molar-refractivity contribution in [2.24, 2.45) is 11.8 Å². The highest BCUT2D eigenvalue weighted by atomic mass is 16.6. The molecule has 0 radical (unpaired) electrons. The van der Waals surface area contributed by atoms with Gasteiger partial charge in [-0.25, -0.2) is 0 Å². The Balaban J connectivity index is 1.87. The Morgan fingerprint density at radius 1 is 0.952 bits per heavy atom. The lowest BCUT2D eigenvalue weighted by molar-refractivity contribution is -0.385. The van der Waals surface area contributed by atoms with Crippen LogP contribution in [0.15, 0.2) is 54.6 Å². The van der Waals surface area contributed by atoms with E-state index >= 15 is 0 Å². The minimum absolute atomic E-state index is 0.0228. The molecule has 1 fully saturated rings. The molecule has 4 atom stereocenters. The third-order valence-corrected chi connectivity index (χ3v) is 8.34. The van der Waals surface area contributed by atoms with Crippen molar-refractivity contribution in [1.29, 1.82) is 0 Å². The average Bonchev–Trinajstić information content (AvgIpc) is 2.92. The fourth-order valence-electron chi connectivity index (χ4n) is 5.74. The zero-order chi connectivity index (χ0) is 30.9. The highest BCUT2D eigenvalue weighted by Crippen LogP contribution is 2.48. The van der Waals surface area contributed by atoms with Crippen molar-refractivity contribution in [2.75, 3.05) is 17.7 Å². The van der Waals surface area contributed by atoms with Crippen molar-refractivity contribution in [3.63, 3.8) is 0 Å². The van der Waals surface area contributed by atoms with Gasteiger partial charge in [0, 0.05) is 29.8 Å². The minimum Gasteiger partial charge on any atom is -0.490 e. The molecule has 2 amide bonds. The van der Waals surface area contributed by atoms with Crippen molar-refractivity contribution >= 4 is 34.7 Å². The molecule has 10 nitrogen and oxygen atoms in total. The van der Waals surface area contributed by atoms with E-state index in [4.69, 9.17) is 4.74 Å². The molecule has 3 aromatic rings. The zero-order valence-electron chi connectivity index (χ0n) is 24.5. The number of carbonyl (C=O) groups excluding carboxylic acids is 3. The number of ketones is 1. The number of carbonyl (C=O) groups is 3. The number of amides is 2. The number of aryl methyl sites for hydroxylation is 2. The monoisotopic (exact) mass is 573 g/mol. The second-order valence-electron chi connectivity index (χ2n) is 11.1. The van der Waals surface area contributed by atoms with E-state index in [1.807, 2.05) is 39.8 Å². The molecule has 10 heteroatoms. The molecule has 3 aromatic carbocycles. The van der Waals surface area contributed by atoms with Gasteiger partial charge in [0.1, 0.15) is 11.7 Å². The van der Waals surface area contributed by atoms with Crippen LogP contribution in [0.5, 0.6) is 5.75 Å². The number of nitrogens with one attached hydrogen (secondary N) is 2. The van der Waals surface area contributed by atoms with Crippen LogP contribution in [0.2, 0.25) is 0 Å². The van der Waals surface area contributed by atoms with Gasteiger partial charge in [-0.1, -0.05) is 30.3 Å². The van der Waals surface area contributed by atoms with Gasteiger partial charge in [-0.05, 0) is 80.6 Å². The van der Waals surface area contributed by atoms with Crippen LogP contribution >= 0.6 is 0 Å². The van der Waals surface area contributed by atoms with Crippen LogP contribution in [0.1, 0.15) is 47.1 Å². The van der Waals surface area contributed by atoms with E-state index < -0.39 is 58.0 Å². The Kier molecular flexibility index (Phi) is 8.49. The highest BCUT2D eigenvalue weighted by Gasteiger charge is 2.56. The van der Waals surface area contributed by atoms with Gasteiger partial charge in [-0.3, -0.25) is 24.5 Å². The van der Waals surface area contributed by atoms with Gasteiger partial charge >= 0.3 is 5.69 Å². The van der Waals surface area contributed by atoms with Gasteiger partial charge in [0.25, 0.3) is 0 Å². The van der Waals surface area contributed by atoms with E-state index in [0.29, 0.717) is 11.4 Å². The molecule has 220 valence electrons. The molecule has 0 spiro atoms. The fraction of sp³-hybridized carbons (Fsp3) is 0.344. The zero-order valence-corrected chi connectivity index (χ0v) is 24.5. The number of benzene rings is 3. The van der Waals surface area contributed by atoms with Crippen LogP contribution in [0.3, 0.4) is 0 Å². The summed E-state index contributed by atoms with van der Waals surface area (Å²) in [6, 6.07) is 14.8. The van der Waals surface area contributed by atoms with Gasteiger partial charge in [0.05, 0.1) is 23.6 Å². The van der Waals surface area contributed by atoms with Gasteiger partial charge in [0.2, 0.25) is 11.8 Å². The molecule has 3 N–H and O–H groups in total. The highest BCUT2D eigenvalue weighted by molar-refractivity contribution is 6.10. The fourth-order valence-corrected chi connectivity index (χ4v) is 5.74. The van der Waals surface area contributed by atoms with Gasteiger partial charge < -0.3 is 20.5 Å². The first-order chi connectivity index (χ1) is 19.8. The Hall–Kier alpha value is -4.57. The van der Waals surface area contributed by atoms with E-state index in [1.165, 1.54) is 32.2 Å². The number of nitro benzene ring substituents is 1. The van der Waals surface area contributed by atoms with E-state index in [-0.39, 0.29) is 11.3 Å². The summed E-state index contributed by atoms with van der Waals surface area (Å²) in [5.74, 6) is -5.87. The predicted molar refractivity (Wildman–Crippen MR) is 159 cm³/mol.